The number of carbonyl (C=O) groups excluding carboxylic acids is 5. The standard InChI is InChI=1S/C50H60FN7O7/c1-4-55(5-2)45(36-11-7-6-8-12-36)49(62)58-29-10-14-43(58)47(60)53-40-23-17-35(18-24-40)32-56(41-25-19-38(51)20-26-41)31-34-15-21-39(22-16-34)52-46(59)42-13-9-28-57(42)48(61)44(54-50(63)64-3)37-27-30-65-33-37/h6-8,11-12,15-26,37,42-45H,4-5,9-10,13-14,27-33H2,1-3H3,(H,52,59)(H,53,60)(H,54,63)/t37?,42?,43-,44?,45+/m0/s1. The molecule has 5 amide bonds. The number of likely N-dealkylation sites (tertiary alicyclic amines) is 2. The summed E-state index contributed by atoms with van der Waals surface area (Å²) < 4.78 is 24.3. The quantitative estimate of drug-likeness (QED) is 0.105. The highest BCUT2D eigenvalue weighted by atomic mass is 19.1. The van der Waals surface area contributed by atoms with Gasteiger partial charge in [0.25, 0.3) is 0 Å². The van der Waals surface area contributed by atoms with Crippen LogP contribution in [0.1, 0.15) is 68.7 Å². The van der Waals surface area contributed by atoms with Gasteiger partial charge in [-0.3, -0.25) is 24.1 Å². The highest BCUT2D eigenvalue weighted by Gasteiger charge is 2.42. The number of hydrogen-bond acceptors (Lipinski definition) is 9. The van der Waals surface area contributed by atoms with Gasteiger partial charge in [-0.2, -0.15) is 0 Å². The average Bonchev–Trinajstić information content (AvgIpc) is 4.15. The average molecular weight is 890 g/mol. The Morgan fingerprint density at radius 2 is 1.26 bits per heavy atom. The molecule has 0 aliphatic carbocycles. The number of alkyl carbamates (subject to hydrolysis) is 1. The molecule has 3 aliphatic rings. The maximum Gasteiger partial charge on any atom is 0.407 e. The van der Waals surface area contributed by atoms with Crippen LogP contribution >= 0.6 is 0 Å². The van der Waals surface area contributed by atoms with E-state index in [0.29, 0.717) is 89.5 Å². The molecule has 344 valence electrons. The van der Waals surface area contributed by atoms with Gasteiger partial charge in [0.1, 0.15) is 30.0 Å². The van der Waals surface area contributed by atoms with Gasteiger partial charge in [0, 0.05) is 55.8 Å². The molecule has 0 spiro atoms. The molecular weight excluding hydrogens is 830 g/mol. The number of halogens is 1. The second kappa shape index (κ2) is 22.0. The number of methoxy groups -OCH3 is 1. The molecule has 0 radical (unpaired) electrons. The van der Waals surface area contributed by atoms with Gasteiger partial charge in [-0.05, 0) is 110 Å². The largest absolute Gasteiger partial charge is 0.453 e. The van der Waals surface area contributed by atoms with Crippen LogP contribution in [0.3, 0.4) is 0 Å². The first kappa shape index (κ1) is 46.7. The lowest BCUT2D eigenvalue weighted by Crippen LogP contribution is -2.55. The molecule has 3 fully saturated rings. The molecule has 65 heavy (non-hydrogen) atoms. The van der Waals surface area contributed by atoms with Gasteiger partial charge in [-0.1, -0.05) is 68.4 Å². The number of hydrogen-bond donors (Lipinski definition) is 3. The number of nitrogens with zero attached hydrogens (tertiary/aromatic N) is 4. The molecule has 0 bridgehead atoms. The van der Waals surface area contributed by atoms with Crippen molar-refractivity contribution in [3.05, 3.63) is 126 Å². The molecule has 4 aromatic carbocycles. The molecule has 3 saturated heterocycles. The molecule has 3 unspecified atom stereocenters. The minimum Gasteiger partial charge on any atom is -0.453 e. The van der Waals surface area contributed by atoms with E-state index in [1.807, 2.05) is 92.7 Å². The van der Waals surface area contributed by atoms with Crippen LogP contribution in [0.5, 0.6) is 0 Å². The number of carbonyl (C=O) groups is 5. The fraction of sp³-hybridized carbons (Fsp3) is 0.420. The first-order valence-electron chi connectivity index (χ1n) is 22.7. The lowest BCUT2D eigenvalue weighted by atomic mass is 9.97. The molecule has 7 rings (SSSR count). The second-order valence-electron chi connectivity index (χ2n) is 16.9. The summed E-state index contributed by atoms with van der Waals surface area (Å²) in [5.74, 6) is -1.47. The lowest BCUT2D eigenvalue weighted by Gasteiger charge is -2.34. The van der Waals surface area contributed by atoms with Crippen molar-refractivity contribution >= 4 is 46.8 Å². The number of nitrogens with one attached hydrogen (secondary N) is 3. The fourth-order valence-corrected chi connectivity index (χ4v) is 9.23. The van der Waals surface area contributed by atoms with E-state index in [4.69, 9.17) is 9.47 Å². The number of ether oxygens (including phenoxy) is 2. The highest BCUT2D eigenvalue weighted by molar-refractivity contribution is 5.99. The Hall–Kier alpha value is -6.32. The minimum atomic E-state index is -0.858. The summed E-state index contributed by atoms with van der Waals surface area (Å²) in [6.45, 7) is 8.17. The first-order valence-corrected chi connectivity index (χ1v) is 22.7. The number of anilines is 3. The topological polar surface area (TPSA) is 153 Å². The summed E-state index contributed by atoms with van der Waals surface area (Å²) in [4.78, 5) is 75.0. The van der Waals surface area contributed by atoms with Crippen molar-refractivity contribution in [1.29, 1.82) is 0 Å². The van der Waals surface area contributed by atoms with Crippen molar-refractivity contribution in [3.63, 3.8) is 0 Å². The van der Waals surface area contributed by atoms with E-state index in [9.17, 15) is 28.4 Å². The Balaban J connectivity index is 0.981. The summed E-state index contributed by atoms with van der Waals surface area (Å²) >= 11 is 0. The summed E-state index contributed by atoms with van der Waals surface area (Å²) in [7, 11) is 1.24. The molecule has 0 saturated carbocycles. The third-order valence-corrected chi connectivity index (χ3v) is 12.7. The summed E-state index contributed by atoms with van der Waals surface area (Å²) in [5, 5.41) is 8.70. The Kier molecular flexibility index (Phi) is 15.8. The zero-order valence-corrected chi connectivity index (χ0v) is 37.4. The van der Waals surface area contributed by atoms with E-state index in [-0.39, 0.29) is 35.4 Å². The van der Waals surface area contributed by atoms with Crippen LogP contribution < -0.4 is 20.9 Å². The van der Waals surface area contributed by atoms with E-state index in [2.05, 4.69) is 25.8 Å². The smallest absolute Gasteiger partial charge is 0.407 e. The van der Waals surface area contributed by atoms with Gasteiger partial charge in [-0.25, -0.2) is 9.18 Å². The third kappa shape index (κ3) is 11.5. The molecule has 3 heterocycles. The Morgan fingerprint density at radius 1 is 0.723 bits per heavy atom. The van der Waals surface area contributed by atoms with Crippen LogP contribution in [0.15, 0.2) is 103 Å². The summed E-state index contributed by atoms with van der Waals surface area (Å²) in [6, 6.07) is 28.5. The van der Waals surface area contributed by atoms with Crippen molar-refractivity contribution < 1.29 is 37.8 Å². The predicted octanol–water partition coefficient (Wildman–Crippen LogP) is 6.74. The predicted molar refractivity (Wildman–Crippen MR) is 246 cm³/mol. The van der Waals surface area contributed by atoms with Crippen LogP contribution in [0.2, 0.25) is 0 Å². The van der Waals surface area contributed by atoms with Crippen LogP contribution in [-0.4, -0.2) is 109 Å². The maximum absolute atomic E-state index is 14.1. The van der Waals surface area contributed by atoms with Gasteiger partial charge in [-0.15, -0.1) is 0 Å². The number of likely N-dealkylation sites (N-methyl/N-ethyl adjacent to an activating group) is 1. The molecule has 14 nitrogen and oxygen atoms in total. The van der Waals surface area contributed by atoms with Gasteiger partial charge >= 0.3 is 6.09 Å². The summed E-state index contributed by atoms with van der Waals surface area (Å²) in [6.07, 6.45) is 2.38. The van der Waals surface area contributed by atoms with E-state index in [1.165, 1.54) is 19.2 Å². The van der Waals surface area contributed by atoms with Crippen LogP contribution in [0.4, 0.5) is 26.2 Å². The normalized spacial score (nSPS) is 19.1. The van der Waals surface area contributed by atoms with E-state index >= 15 is 0 Å². The fourth-order valence-electron chi connectivity index (χ4n) is 9.23. The second-order valence-corrected chi connectivity index (χ2v) is 16.9. The van der Waals surface area contributed by atoms with E-state index < -0.39 is 30.3 Å². The molecule has 0 aromatic heterocycles. The van der Waals surface area contributed by atoms with Crippen LogP contribution in [-0.2, 0) is 41.7 Å². The van der Waals surface area contributed by atoms with Gasteiger partial charge in [0.15, 0.2) is 0 Å². The van der Waals surface area contributed by atoms with E-state index in [0.717, 1.165) is 28.8 Å². The zero-order valence-electron chi connectivity index (χ0n) is 37.4. The molecule has 15 heteroatoms. The molecular formula is C50H60FN7O7. The van der Waals surface area contributed by atoms with Crippen molar-refractivity contribution in [2.24, 2.45) is 5.92 Å². The van der Waals surface area contributed by atoms with Crippen molar-refractivity contribution in [3.8, 4) is 0 Å². The van der Waals surface area contributed by atoms with Crippen molar-refractivity contribution in [2.45, 2.75) is 83.2 Å². The van der Waals surface area contributed by atoms with Gasteiger partial charge in [0.2, 0.25) is 23.6 Å². The number of rotatable bonds is 17. The molecule has 5 atom stereocenters. The Labute approximate surface area is 380 Å². The molecule has 4 aromatic rings. The maximum atomic E-state index is 14.1. The highest BCUT2D eigenvalue weighted by Crippen LogP contribution is 2.30. The van der Waals surface area contributed by atoms with Gasteiger partial charge < -0.3 is 40.1 Å². The zero-order chi connectivity index (χ0) is 45.9. The Morgan fingerprint density at radius 3 is 1.75 bits per heavy atom. The van der Waals surface area contributed by atoms with Crippen molar-refractivity contribution in [2.75, 3.05) is 62.0 Å². The van der Waals surface area contributed by atoms with Gasteiger partial charge in [0.05, 0.1) is 13.7 Å². The summed E-state index contributed by atoms with van der Waals surface area (Å²) in [5.41, 5.74) is 4.81. The number of amides is 5. The molecule has 3 N–H and O–H groups in total. The number of benzene rings is 4. The van der Waals surface area contributed by atoms with Crippen LogP contribution in [0, 0.1) is 11.7 Å². The monoisotopic (exact) mass is 889 g/mol. The van der Waals surface area contributed by atoms with E-state index in [1.54, 1.807) is 21.9 Å². The third-order valence-electron chi connectivity index (χ3n) is 12.7. The van der Waals surface area contributed by atoms with Crippen LogP contribution in [0.25, 0.3) is 0 Å². The van der Waals surface area contributed by atoms with Crippen molar-refractivity contribution in [1.82, 2.24) is 20.0 Å². The minimum absolute atomic E-state index is 0.0615. The first-order chi connectivity index (χ1) is 31.6. The molecule has 3 aliphatic heterocycles. The Bertz CT molecular complexity index is 2240. The lowest BCUT2D eigenvalue weighted by molar-refractivity contribution is -0.141. The SMILES string of the molecule is CCN(CC)[C@@H](C(=O)N1CCC[C@H]1C(=O)Nc1ccc(CN(Cc2ccc(NC(=O)C3CCCN3C(=O)C(NC(=O)OC)C3CCOC3)cc2)c2ccc(F)cc2)cc1)c1ccccc1.